The topological polar surface area (TPSA) is 203 Å². The van der Waals surface area contributed by atoms with Crippen LogP contribution in [0.25, 0.3) is 0 Å². The fraction of sp³-hybridized carbons (Fsp3) is 0.294. The Morgan fingerprint density at radius 2 is 0.750 bits per heavy atom. The second kappa shape index (κ2) is 15.4. The van der Waals surface area contributed by atoms with Crippen molar-refractivity contribution >= 4 is 40.5 Å². The highest BCUT2D eigenvalue weighted by Gasteiger charge is 2.54. The van der Waals surface area contributed by atoms with Gasteiger partial charge >= 0.3 is 0 Å². The molecule has 14 nitrogen and oxygen atoms in total. The molecule has 280 valence electrons. The number of hydrogen-bond donors (Lipinski definition) is 1. The molecule has 0 unspecified atom stereocenters. The van der Waals surface area contributed by atoms with Gasteiger partial charge in [0.1, 0.15) is 18.3 Å². The van der Waals surface area contributed by atoms with Gasteiger partial charge in [-0.05, 0) is 76.2 Å². The van der Waals surface area contributed by atoms with Crippen molar-refractivity contribution in [1.29, 1.82) is 0 Å². The van der Waals surface area contributed by atoms with Crippen LogP contribution in [0.2, 0.25) is 0 Å². The third kappa shape index (κ3) is 9.32. The normalized spacial score (nSPS) is 21.5. The molecule has 1 saturated heterocycles. The minimum absolute atomic E-state index is 0.278. The lowest BCUT2D eigenvalue weighted by Gasteiger charge is -2.42. The molecule has 0 saturated carbocycles. The minimum Gasteiger partial charge on any atom is -0.366 e. The molecule has 4 aromatic rings. The van der Waals surface area contributed by atoms with Gasteiger partial charge in [0, 0.05) is 0 Å². The predicted octanol–water partition coefficient (Wildman–Crippen LogP) is 3.67. The van der Waals surface area contributed by atoms with Crippen LogP contribution in [0.1, 0.15) is 22.3 Å². The van der Waals surface area contributed by atoms with Crippen molar-refractivity contribution in [2.75, 3.05) is 6.61 Å². The molecule has 1 aliphatic rings. The van der Waals surface area contributed by atoms with Gasteiger partial charge in [0.25, 0.3) is 40.5 Å². The molecule has 0 amide bonds. The second-order valence-electron chi connectivity index (χ2n) is 12.1. The predicted molar refractivity (Wildman–Crippen MR) is 185 cm³/mol. The van der Waals surface area contributed by atoms with E-state index >= 15 is 0 Å². The molecule has 52 heavy (non-hydrogen) atoms. The molecule has 5 atom stereocenters. The molecule has 1 fully saturated rings. The molecular formula is C34H36O14S4. The number of rotatable bonds is 13. The van der Waals surface area contributed by atoms with Crippen molar-refractivity contribution in [3.8, 4) is 0 Å². The van der Waals surface area contributed by atoms with E-state index in [1.165, 1.54) is 97.1 Å². The van der Waals surface area contributed by atoms with Crippen LogP contribution in [0.5, 0.6) is 0 Å². The Bertz CT molecular complexity index is 2310. The molecule has 0 spiro atoms. The van der Waals surface area contributed by atoms with Gasteiger partial charge in [-0.15, -0.1) is 0 Å². The molecule has 1 heterocycles. The van der Waals surface area contributed by atoms with E-state index in [4.69, 9.17) is 21.5 Å². The zero-order valence-corrected chi connectivity index (χ0v) is 31.5. The maximum Gasteiger partial charge on any atom is 0.297 e. The van der Waals surface area contributed by atoms with E-state index in [1.807, 2.05) is 0 Å². The van der Waals surface area contributed by atoms with Crippen molar-refractivity contribution in [2.24, 2.45) is 0 Å². The lowest BCUT2D eigenvalue weighted by atomic mass is 9.99. The maximum atomic E-state index is 13.7. The summed E-state index contributed by atoms with van der Waals surface area (Å²) in [4.78, 5) is -1.50. The van der Waals surface area contributed by atoms with E-state index in [-0.39, 0.29) is 4.90 Å². The summed E-state index contributed by atoms with van der Waals surface area (Å²) in [6.07, 6.45) is -11.1. The molecular weight excluding hydrogens is 761 g/mol. The Balaban J connectivity index is 1.61. The van der Waals surface area contributed by atoms with Crippen LogP contribution in [0.3, 0.4) is 0 Å². The zero-order valence-electron chi connectivity index (χ0n) is 28.2. The number of aliphatic hydroxyl groups excluding tert-OH is 1. The number of hydrogen-bond acceptors (Lipinski definition) is 14. The van der Waals surface area contributed by atoms with Crippen LogP contribution >= 0.6 is 0 Å². The fourth-order valence-corrected chi connectivity index (χ4v) is 9.20. The van der Waals surface area contributed by atoms with Gasteiger partial charge in [0.15, 0.2) is 12.4 Å². The Kier molecular flexibility index (Phi) is 11.8. The standard InChI is InChI=1S/C34H36O14S4/c1-22-5-13-26(14-6-22)49(36,37)44-21-30-31(46-50(38,39)27-15-7-23(2)8-16-27)32(47-51(40,41)28-17-9-24(3)10-18-28)33(34(35)45-30)48-52(42,43)29-19-11-25(4)12-20-29/h5-20,30-35H,21H2,1-4H3/t30-,31-,32-,33-,34+/m0/s1. The first kappa shape index (κ1) is 39.6. The van der Waals surface area contributed by atoms with Crippen molar-refractivity contribution in [1.82, 2.24) is 0 Å². The summed E-state index contributed by atoms with van der Waals surface area (Å²) in [5.74, 6) is 0. The number of benzene rings is 4. The third-order valence-electron chi connectivity index (χ3n) is 7.95. The summed E-state index contributed by atoms with van der Waals surface area (Å²) in [5, 5.41) is 11.2. The average molecular weight is 797 g/mol. The maximum absolute atomic E-state index is 13.7. The summed E-state index contributed by atoms with van der Waals surface area (Å²) in [5.41, 5.74) is 2.82. The van der Waals surface area contributed by atoms with Crippen LogP contribution in [-0.4, -0.2) is 76.1 Å². The van der Waals surface area contributed by atoms with Gasteiger partial charge in [0.05, 0.1) is 26.2 Å². The van der Waals surface area contributed by atoms with Crippen molar-refractivity contribution in [2.45, 2.75) is 78.0 Å². The number of aryl methyl sites for hydroxylation is 4. The quantitative estimate of drug-likeness (QED) is 0.192. The highest BCUT2D eigenvalue weighted by molar-refractivity contribution is 7.87. The fourth-order valence-electron chi connectivity index (χ4n) is 5.01. The summed E-state index contributed by atoms with van der Waals surface area (Å²) in [7, 11) is -19.2. The van der Waals surface area contributed by atoms with E-state index in [0.29, 0.717) is 16.7 Å². The highest BCUT2D eigenvalue weighted by Crippen LogP contribution is 2.34. The largest absolute Gasteiger partial charge is 0.366 e. The molecule has 0 radical (unpaired) electrons. The first-order chi connectivity index (χ1) is 24.3. The SMILES string of the molecule is Cc1ccc(S(=O)(=O)OC[C@@H]2O[C@@H](O)[C@@H](OS(=O)(=O)c3ccc(C)cc3)[C@@H](OS(=O)(=O)c3ccc(C)cc3)[C@H]2OS(=O)(=O)c2ccc(C)cc2)cc1. The van der Waals surface area contributed by atoms with Gasteiger partial charge in [-0.2, -0.15) is 33.7 Å². The molecule has 1 aliphatic heterocycles. The summed E-state index contributed by atoms with van der Waals surface area (Å²) in [6.45, 7) is 5.77. The van der Waals surface area contributed by atoms with Gasteiger partial charge in [-0.3, -0.25) is 16.7 Å². The van der Waals surface area contributed by atoms with E-state index in [1.54, 1.807) is 27.7 Å². The Hall–Kier alpha value is -3.56. The smallest absolute Gasteiger partial charge is 0.297 e. The number of aliphatic hydroxyl groups is 1. The van der Waals surface area contributed by atoms with Gasteiger partial charge in [-0.25, -0.2) is 0 Å². The molecule has 0 bridgehead atoms. The van der Waals surface area contributed by atoms with E-state index in [0.717, 1.165) is 5.56 Å². The van der Waals surface area contributed by atoms with Crippen LogP contribution < -0.4 is 0 Å². The molecule has 0 aliphatic carbocycles. The van der Waals surface area contributed by atoms with E-state index < -0.39 is 92.5 Å². The van der Waals surface area contributed by atoms with Gasteiger partial charge in [0.2, 0.25) is 0 Å². The molecule has 5 rings (SSSR count). The van der Waals surface area contributed by atoms with Crippen molar-refractivity contribution < 1.29 is 60.2 Å². The van der Waals surface area contributed by atoms with Crippen LogP contribution in [-0.2, 0) is 61.9 Å². The monoisotopic (exact) mass is 796 g/mol. The Morgan fingerprint density at radius 3 is 1.10 bits per heavy atom. The summed E-state index contributed by atoms with van der Waals surface area (Å²) < 4.78 is 135. The number of ether oxygens (including phenoxy) is 1. The lowest BCUT2D eigenvalue weighted by Crippen LogP contribution is -2.62. The van der Waals surface area contributed by atoms with E-state index in [9.17, 15) is 38.8 Å². The lowest BCUT2D eigenvalue weighted by molar-refractivity contribution is -0.268. The summed E-state index contributed by atoms with van der Waals surface area (Å²) >= 11 is 0. The second-order valence-corrected chi connectivity index (χ2v) is 18.4. The van der Waals surface area contributed by atoms with Crippen molar-refractivity contribution in [3.63, 3.8) is 0 Å². The minimum atomic E-state index is -4.91. The first-order valence-corrected chi connectivity index (χ1v) is 21.2. The highest BCUT2D eigenvalue weighted by atomic mass is 32.2. The van der Waals surface area contributed by atoms with Crippen LogP contribution in [0.4, 0.5) is 0 Å². The van der Waals surface area contributed by atoms with Gasteiger partial charge < -0.3 is 9.84 Å². The third-order valence-corrected chi connectivity index (χ3v) is 13.2. The van der Waals surface area contributed by atoms with Crippen LogP contribution in [0, 0.1) is 27.7 Å². The van der Waals surface area contributed by atoms with Crippen molar-refractivity contribution in [3.05, 3.63) is 119 Å². The average Bonchev–Trinajstić information content (AvgIpc) is 3.07. The van der Waals surface area contributed by atoms with Crippen LogP contribution in [0.15, 0.2) is 117 Å². The molecule has 4 aromatic carbocycles. The van der Waals surface area contributed by atoms with Gasteiger partial charge in [-0.1, -0.05) is 70.8 Å². The molecule has 0 aromatic heterocycles. The Morgan fingerprint density at radius 1 is 0.462 bits per heavy atom. The molecule has 1 N–H and O–H groups in total. The Labute approximate surface area is 303 Å². The molecule has 18 heteroatoms. The zero-order chi connectivity index (χ0) is 38.1. The first-order valence-electron chi connectivity index (χ1n) is 15.6. The summed E-state index contributed by atoms with van der Waals surface area (Å²) in [6, 6.07) is 21.4. The van der Waals surface area contributed by atoms with E-state index in [2.05, 4.69) is 0 Å².